The van der Waals surface area contributed by atoms with E-state index in [2.05, 4.69) is 29.1 Å². The van der Waals surface area contributed by atoms with Gasteiger partial charge in [0, 0.05) is 6.20 Å². The minimum atomic E-state index is -6.11. The summed E-state index contributed by atoms with van der Waals surface area (Å²) >= 11 is 2.83. The van der Waals surface area contributed by atoms with Crippen molar-refractivity contribution >= 4 is 39.4 Å². The number of nitrogens with zero attached hydrogens (tertiary/aromatic N) is 1. The maximum Gasteiger partial charge on any atom is 1.00 e. The Morgan fingerprint density at radius 3 is 2.12 bits per heavy atom. The first-order chi connectivity index (χ1) is 13.5. The summed E-state index contributed by atoms with van der Waals surface area (Å²) in [6, 6.07) is 0. The number of phosphoric acid groups is 3. The van der Waals surface area contributed by atoms with Gasteiger partial charge in [0.1, 0.15) is 18.3 Å². The van der Waals surface area contributed by atoms with Gasteiger partial charge in [0.25, 0.3) is 29.0 Å². The van der Waals surface area contributed by atoms with Crippen molar-refractivity contribution in [2.45, 2.75) is 24.5 Å². The summed E-state index contributed by atoms with van der Waals surface area (Å²) in [4.78, 5) is 66.3. The minimum absolute atomic E-state index is 0. The predicted octanol–water partition coefficient (Wildman–Crippen LogP) is -12.6. The zero-order chi connectivity index (χ0) is 23.1. The van der Waals surface area contributed by atoms with E-state index in [4.69, 9.17) is 9.63 Å². The summed E-state index contributed by atoms with van der Waals surface area (Å²) in [6.07, 6.45) is -6.04. The number of halogens is 1. The molecule has 0 bridgehead atoms. The van der Waals surface area contributed by atoms with Crippen LogP contribution in [-0.2, 0) is 31.6 Å². The van der Waals surface area contributed by atoms with Crippen LogP contribution in [0, 0.1) is 0 Å². The van der Waals surface area contributed by atoms with Gasteiger partial charge in [-0.1, -0.05) is 0 Å². The third-order valence-corrected chi connectivity index (χ3v) is 7.59. The number of aromatic amines is 1. The fraction of sp³-hybridized carbons (Fsp3) is 0.556. The third kappa shape index (κ3) is 11.4. The predicted molar refractivity (Wildman–Crippen MR) is 88.1 cm³/mol. The van der Waals surface area contributed by atoms with E-state index in [9.17, 15) is 48.2 Å². The van der Waals surface area contributed by atoms with Gasteiger partial charge in [0.05, 0.1) is 11.1 Å². The maximum atomic E-state index is 11.8. The second kappa shape index (κ2) is 14.6. The molecule has 0 aromatic carbocycles. The first kappa shape index (κ1) is 37.6. The Bertz CT molecular complexity index is 1060. The average molecular weight is 629 g/mol. The number of rotatable bonds is 8. The van der Waals surface area contributed by atoms with Crippen molar-refractivity contribution in [2.24, 2.45) is 0 Å². The molecule has 1 fully saturated rings. The van der Waals surface area contributed by atoms with Gasteiger partial charge in [-0.05, 0) is 15.9 Å². The van der Waals surface area contributed by atoms with E-state index in [1.807, 2.05) is 4.98 Å². The molecule has 7 unspecified atom stereocenters. The van der Waals surface area contributed by atoms with Crippen molar-refractivity contribution in [2.75, 3.05) is 6.61 Å². The maximum absolute atomic E-state index is 11.8. The van der Waals surface area contributed by atoms with Crippen LogP contribution in [0.4, 0.5) is 0 Å². The quantitative estimate of drug-likeness (QED) is 0.154. The molecule has 1 aromatic heterocycles. The molecule has 2 rings (SSSR count). The zero-order valence-electron chi connectivity index (χ0n) is 17.0. The van der Waals surface area contributed by atoms with Gasteiger partial charge in [-0.3, -0.25) is 28.0 Å². The van der Waals surface area contributed by atoms with Crippen LogP contribution in [-0.4, -0.2) is 49.6 Å². The van der Waals surface area contributed by atoms with Crippen LogP contribution in [0.2, 0.25) is 0 Å². The summed E-state index contributed by atoms with van der Waals surface area (Å²) in [5.74, 6) is 0. The Morgan fingerprint density at radius 1 is 1.06 bits per heavy atom. The van der Waals surface area contributed by atoms with Crippen LogP contribution in [0.1, 0.15) is 6.23 Å². The second-order valence-electron chi connectivity index (χ2n) is 5.51. The molecule has 1 aliphatic heterocycles. The number of hydrogen-bond donors (Lipinski definition) is 4. The Morgan fingerprint density at radius 2 is 1.61 bits per heavy atom. The van der Waals surface area contributed by atoms with Crippen molar-refractivity contribution in [3.63, 3.8) is 0 Å². The van der Waals surface area contributed by atoms with Crippen LogP contribution >= 0.6 is 39.4 Å². The molecular formula is C9H11BrN2Na3O15P3. The topological polar surface area (TPSA) is 273 Å². The molecule has 4 N–H and O–H groups in total. The monoisotopic (exact) mass is 628 g/mol. The molecule has 2 heterocycles. The molecule has 0 aliphatic carbocycles. The summed E-state index contributed by atoms with van der Waals surface area (Å²) in [7, 11) is -17.9. The van der Waals surface area contributed by atoms with Gasteiger partial charge in [-0.15, -0.1) is 0 Å². The molecule has 0 spiro atoms. The summed E-state index contributed by atoms with van der Waals surface area (Å²) in [5.41, 5.74) is -1.85. The first-order valence-corrected chi connectivity index (χ1v) is 12.5. The second-order valence-corrected chi connectivity index (χ2v) is 10.7. The summed E-state index contributed by atoms with van der Waals surface area (Å²) < 4.78 is 49.3. The van der Waals surface area contributed by atoms with Crippen molar-refractivity contribution in [3.8, 4) is 0 Å². The van der Waals surface area contributed by atoms with E-state index in [1.54, 1.807) is 0 Å². The van der Waals surface area contributed by atoms with E-state index in [-0.39, 0.29) is 93.1 Å². The molecule has 172 valence electrons. The zero-order valence-corrected chi connectivity index (χ0v) is 27.3. The molecule has 1 saturated heterocycles. The van der Waals surface area contributed by atoms with Crippen molar-refractivity contribution in [3.05, 3.63) is 31.5 Å². The van der Waals surface area contributed by atoms with Gasteiger partial charge in [-0.2, -0.15) is 0 Å². The molecule has 0 radical (unpaired) electrons. The van der Waals surface area contributed by atoms with Crippen molar-refractivity contribution in [1.82, 2.24) is 9.55 Å². The van der Waals surface area contributed by atoms with Gasteiger partial charge in [-0.25, -0.2) is 13.4 Å². The Balaban J connectivity index is 0. The normalized spacial score (nSPS) is 27.6. The van der Waals surface area contributed by atoms with Crippen LogP contribution in [0.15, 0.2) is 20.3 Å². The fourth-order valence-electron chi connectivity index (χ4n) is 2.20. The number of aliphatic hydroxyl groups is 2. The molecule has 0 saturated carbocycles. The number of hydrogen-bond acceptors (Lipinski definition) is 14. The molecule has 1 aromatic rings. The van der Waals surface area contributed by atoms with Gasteiger partial charge in [0.15, 0.2) is 6.23 Å². The third-order valence-electron chi connectivity index (χ3n) is 3.34. The van der Waals surface area contributed by atoms with Crippen LogP contribution < -0.4 is 115 Å². The molecule has 1 aliphatic rings. The standard InChI is InChI=1S/C9H14BrN2O15P3.3Na/c10-3-1-12(9(16)11-7(3)15)8-6(14)5(13)4(25-8)2-24-29(20,21)27-30(22,23)26-28(17,18)19;;;/h1,4-6,8,13-14H,2H2,(H,20,21)(H,22,23)(H,11,15,16)(H2,17,18,19);;;/q;3*+1/p-3. The van der Waals surface area contributed by atoms with Gasteiger partial charge in [0.2, 0.25) is 0 Å². The number of ether oxygens (including phenoxy) is 1. The van der Waals surface area contributed by atoms with E-state index >= 15 is 0 Å². The smallest absolute Gasteiger partial charge is 0.756 e. The molecule has 17 nitrogen and oxygen atoms in total. The van der Waals surface area contributed by atoms with Crippen LogP contribution in [0.5, 0.6) is 0 Å². The molecule has 0 amide bonds. The number of phosphoric ester groups is 1. The Kier molecular flexibility index (Phi) is 16.6. The van der Waals surface area contributed by atoms with E-state index < -0.39 is 65.9 Å². The Hall–Kier alpha value is 2.45. The Labute approximate surface area is 258 Å². The first-order valence-electron chi connectivity index (χ1n) is 7.27. The van der Waals surface area contributed by atoms with E-state index in [1.165, 1.54) is 0 Å². The summed E-state index contributed by atoms with van der Waals surface area (Å²) in [6.45, 7) is -1.16. The summed E-state index contributed by atoms with van der Waals surface area (Å²) in [5, 5.41) is 20.0. The SMILES string of the molecule is O=c1[nH]c(=O)n(C2OC(COP(=O)([O-])OP(=O)([O-])OP(=O)([O-])O)C(O)C2O)cc1Br.[Na+].[Na+].[Na+]. The number of nitrogens with one attached hydrogen (secondary N) is 1. The van der Waals surface area contributed by atoms with Crippen molar-refractivity contribution in [1.29, 1.82) is 0 Å². The number of aliphatic hydroxyl groups excluding tert-OH is 2. The number of aromatic nitrogens is 2. The van der Waals surface area contributed by atoms with Gasteiger partial charge >= 0.3 is 94.4 Å². The van der Waals surface area contributed by atoms with Crippen molar-refractivity contribution < 1.29 is 150 Å². The van der Waals surface area contributed by atoms with Gasteiger partial charge < -0.3 is 39.0 Å². The molecule has 7 atom stereocenters. The number of H-pyrrole nitrogens is 1. The molecular weight excluding hydrogens is 618 g/mol. The fourth-order valence-corrected chi connectivity index (χ4v) is 5.41. The minimum Gasteiger partial charge on any atom is -0.756 e. The molecule has 24 heteroatoms. The van der Waals surface area contributed by atoms with E-state index in [0.717, 1.165) is 6.20 Å². The van der Waals surface area contributed by atoms with Crippen LogP contribution in [0.25, 0.3) is 0 Å². The van der Waals surface area contributed by atoms with Crippen LogP contribution in [0.3, 0.4) is 0 Å². The van der Waals surface area contributed by atoms with E-state index in [0.29, 0.717) is 4.57 Å². The molecule has 33 heavy (non-hydrogen) atoms. The average Bonchev–Trinajstić information content (AvgIpc) is 2.81. The largest absolute Gasteiger partial charge is 1.00 e.